The predicted octanol–water partition coefficient (Wildman–Crippen LogP) is 1.50. The molecule has 2 atom stereocenters. The standard InChI is InChI=1S/C13H19ClN2O3S/c1-9(10-4-5-19-8-10)16-20(17,18)12-2-3-13(14)11(6-12)7-15/h2-3,6,9-10,16H,4-5,7-8,15H2,1H3. The van der Waals surface area contributed by atoms with Gasteiger partial charge in [0.05, 0.1) is 11.5 Å². The highest BCUT2D eigenvalue weighted by atomic mass is 35.5. The van der Waals surface area contributed by atoms with Crippen molar-refractivity contribution in [3.63, 3.8) is 0 Å². The van der Waals surface area contributed by atoms with E-state index < -0.39 is 10.0 Å². The van der Waals surface area contributed by atoms with Crippen molar-refractivity contribution in [1.82, 2.24) is 4.72 Å². The Bertz CT molecular complexity index is 571. The molecule has 0 radical (unpaired) electrons. The van der Waals surface area contributed by atoms with Crippen LogP contribution in [0.15, 0.2) is 23.1 Å². The lowest BCUT2D eigenvalue weighted by molar-refractivity contribution is 0.180. The Kier molecular flexibility index (Phi) is 5.04. The zero-order valence-corrected chi connectivity index (χ0v) is 12.9. The first kappa shape index (κ1) is 15.7. The maximum absolute atomic E-state index is 12.3. The highest BCUT2D eigenvalue weighted by molar-refractivity contribution is 7.89. The quantitative estimate of drug-likeness (QED) is 0.862. The molecule has 0 amide bonds. The molecule has 7 heteroatoms. The molecule has 0 spiro atoms. The molecule has 0 aromatic heterocycles. The lowest BCUT2D eigenvalue weighted by atomic mass is 10.0. The Balaban J connectivity index is 2.17. The van der Waals surface area contributed by atoms with Crippen molar-refractivity contribution in [2.45, 2.75) is 30.8 Å². The summed E-state index contributed by atoms with van der Waals surface area (Å²) in [6.45, 7) is 3.35. The van der Waals surface area contributed by atoms with E-state index in [4.69, 9.17) is 22.1 Å². The molecule has 1 aliphatic heterocycles. The summed E-state index contributed by atoms with van der Waals surface area (Å²) < 4.78 is 32.7. The Morgan fingerprint density at radius 2 is 2.30 bits per heavy atom. The maximum Gasteiger partial charge on any atom is 0.240 e. The average molecular weight is 319 g/mol. The molecule has 1 aliphatic rings. The van der Waals surface area contributed by atoms with E-state index in [0.717, 1.165) is 6.42 Å². The molecule has 0 aliphatic carbocycles. The summed E-state index contributed by atoms with van der Waals surface area (Å²) in [5, 5.41) is 0.476. The normalized spacial score (nSPS) is 21.1. The van der Waals surface area contributed by atoms with Crippen molar-refractivity contribution in [3.8, 4) is 0 Å². The van der Waals surface area contributed by atoms with Gasteiger partial charge in [0.1, 0.15) is 0 Å². The Labute approximate surface area is 124 Å². The molecule has 1 aromatic carbocycles. The second-order valence-electron chi connectivity index (χ2n) is 4.99. The molecular formula is C13H19ClN2O3S. The number of ether oxygens (including phenoxy) is 1. The molecule has 5 nitrogen and oxygen atoms in total. The number of sulfonamides is 1. The molecule has 0 saturated carbocycles. The molecule has 1 saturated heterocycles. The van der Waals surface area contributed by atoms with E-state index in [1.54, 1.807) is 6.07 Å². The third-order valence-corrected chi connectivity index (χ3v) is 5.49. The SMILES string of the molecule is CC(NS(=O)(=O)c1ccc(Cl)c(CN)c1)C1CCOC1. The van der Waals surface area contributed by atoms with Gasteiger partial charge >= 0.3 is 0 Å². The van der Waals surface area contributed by atoms with E-state index in [9.17, 15) is 8.42 Å². The summed E-state index contributed by atoms with van der Waals surface area (Å²) >= 11 is 5.94. The highest BCUT2D eigenvalue weighted by Gasteiger charge is 2.27. The van der Waals surface area contributed by atoms with Gasteiger partial charge in [-0.2, -0.15) is 0 Å². The molecule has 2 rings (SSSR count). The lowest BCUT2D eigenvalue weighted by Gasteiger charge is -2.19. The van der Waals surface area contributed by atoms with Crippen molar-refractivity contribution in [2.75, 3.05) is 13.2 Å². The Hall–Kier alpha value is -0.660. The van der Waals surface area contributed by atoms with Gasteiger partial charge in [0.15, 0.2) is 0 Å². The van der Waals surface area contributed by atoms with Crippen LogP contribution in [0.2, 0.25) is 5.02 Å². The second-order valence-corrected chi connectivity index (χ2v) is 7.11. The van der Waals surface area contributed by atoms with Crippen LogP contribution in [0.1, 0.15) is 18.9 Å². The third-order valence-electron chi connectivity index (χ3n) is 3.56. The number of nitrogens with two attached hydrogens (primary N) is 1. The van der Waals surface area contributed by atoms with Crippen molar-refractivity contribution >= 4 is 21.6 Å². The van der Waals surface area contributed by atoms with Gasteiger partial charge in [-0.1, -0.05) is 11.6 Å². The fourth-order valence-corrected chi connectivity index (χ4v) is 3.79. The zero-order chi connectivity index (χ0) is 14.8. The maximum atomic E-state index is 12.3. The van der Waals surface area contributed by atoms with Crippen LogP contribution in [0, 0.1) is 5.92 Å². The van der Waals surface area contributed by atoms with Crippen LogP contribution >= 0.6 is 11.6 Å². The first-order valence-corrected chi connectivity index (χ1v) is 8.38. The summed E-state index contributed by atoms with van der Waals surface area (Å²) in [5.41, 5.74) is 6.16. The van der Waals surface area contributed by atoms with Crippen LogP contribution in [-0.4, -0.2) is 27.7 Å². The number of hydrogen-bond acceptors (Lipinski definition) is 4. The van der Waals surface area contributed by atoms with Crippen LogP contribution < -0.4 is 10.5 Å². The minimum Gasteiger partial charge on any atom is -0.381 e. The fraction of sp³-hybridized carbons (Fsp3) is 0.538. The highest BCUT2D eigenvalue weighted by Crippen LogP contribution is 2.22. The number of halogens is 1. The van der Waals surface area contributed by atoms with Crippen LogP contribution in [0.3, 0.4) is 0 Å². The first-order valence-electron chi connectivity index (χ1n) is 6.52. The second kappa shape index (κ2) is 6.41. The van der Waals surface area contributed by atoms with E-state index in [1.165, 1.54) is 12.1 Å². The van der Waals surface area contributed by atoms with E-state index in [2.05, 4.69) is 4.72 Å². The first-order chi connectivity index (χ1) is 9.44. The summed E-state index contributed by atoms with van der Waals surface area (Å²) in [7, 11) is -3.57. The smallest absolute Gasteiger partial charge is 0.240 e. The van der Waals surface area contributed by atoms with Gasteiger partial charge in [0.2, 0.25) is 10.0 Å². The summed E-state index contributed by atoms with van der Waals surface area (Å²) in [6, 6.07) is 4.39. The van der Waals surface area contributed by atoms with Crippen molar-refractivity contribution in [1.29, 1.82) is 0 Å². The molecule has 1 aromatic rings. The van der Waals surface area contributed by atoms with Gasteiger partial charge in [0.25, 0.3) is 0 Å². The van der Waals surface area contributed by atoms with Crippen LogP contribution in [-0.2, 0) is 21.3 Å². The topological polar surface area (TPSA) is 81.4 Å². The van der Waals surface area contributed by atoms with Crippen LogP contribution in [0.4, 0.5) is 0 Å². The largest absolute Gasteiger partial charge is 0.381 e. The molecule has 1 fully saturated rings. The van der Waals surface area contributed by atoms with Gasteiger partial charge in [-0.15, -0.1) is 0 Å². The molecule has 20 heavy (non-hydrogen) atoms. The van der Waals surface area contributed by atoms with Gasteiger partial charge in [-0.3, -0.25) is 0 Å². The summed E-state index contributed by atoms with van der Waals surface area (Å²) in [5.74, 6) is 0.214. The van der Waals surface area contributed by atoms with Crippen molar-refractivity contribution in [3.05, 3.63) is 28.8 Å². The van der Waals surface area contributed by atoms with E-state index in [-0.39, 0.29) is 23.4 Å². The number of nitrogens with one attached hydrogen (secondary N) is 1. The molecule has 1 heterocycles. The number of benzene rings is 1. The van der Waals surface area contributed by atoms with E-state index in [0.29, 0.717) is 23.8 Å². The molecule has 112 valence electrons. The minimum atomic E-state index is -3.57. The monoisotopic (exact) mass is 318 g/mol. The lowest BCUT2D eigenvalue weighted by Crippen LogP contribution is -2.38. The molecule has 3 N–H and O–H groups in total. The fourth-order valence-electron chi connectivity index (χ4n) is 2.23. The Morgan fingerprint density at radius 3 is 2.90 bits per heavy atom. The molecule has 0 bridgehead atoms. The zero-order valence-electron chi connectivity index (χ0n) is 11.3. The minimum absolute atomic E-state index is 0.167. The van der Waals surface area contributed by atoms with Gasteiger partial charge in [-0.25, -0.2) is 13.1 Å². The number of rotatable bonds is 5. The molecular weight excluding hydrogens is 300 g/mol. The van der Waals surface area contributed by atoms with E-state index >= 15 is 0 Å². The van der Waals surface area contributed by atoms with E-state index in [1.807, 2.05) is 6.92 Å². The predicted molar refractivity (Wildman–Crippen MR) is 78.1 cm³/mol. The molecule has 2 unspecified atom stereocenters. The summed E-state index contributed by atoms with van der Waals surface area (Å²) in [6.07, 6.45) is 0.873. The Morgan fingerprint density at radius 1 is 1.55 bits per heavy atom. The van der Waals surface area contributed by atoms with Gasteiger partial charge in [0, 0.05) is 30.1 Å². The summed E-state index contributed by atoms with van der Waals surface area (Å²) in [4.78, 5) is 0.188. The van der Waals surface area contributed by atoms with Crippen molar-refractivity contribution < 1.29 is 13.2 Å². The average Bonchev–Trinajstić information content (AvgIpc) is 2.92. The van der Waals surface area contributed by atoms with Gasteiger partial charge < -0.3 is 10.5 Å². The number of hydrogen-bond donors (Lipinski definition) is 2. The third kappa shape index (κ3) is 3.51. The van der Waals surface area contributed by atoms with Gasteiger partial charge in [-0.05, 0) is 37.1 Å². The van der Waals surface area contributed by atoms with Crippen LogP contribution in [0.25, 0.3) is 0 Å². The van der Waals surface area contributed by atoms with Crippen LogP contribution in [0.5, 0.6) is 0 Å². The van der Waals surface area contributed by atoms with Crippen molar-refractivity contribution in [2.24, 2.45) is 11.7 Å².